The highest BCUT2D eigenvalue weighted by Crippen LogP contribution is 2.32. The molecule has 2 aromatic carbocycles. The van der Waals surface area contributed by atoms with Gasteiger partial charge in [-0.2, -0.15) is 15.1 Å². The maximum absolute atomic E-state index is 12.6. The third-order valence-corrected chi connectivity index (χ3v) is 6.67. The van der Waals surface area contributed by atoms with E-state index < -0.39 is 5.91 Å². The number of fused-ring (bicyclic) bond motifs is 1. The molecule has 1 N–H and O–H groups in total. The second-order valence-electron chi connectivity index (χ2n) is 8.65. The van der Waals surface area contributed by atoms with Crippen molar-refractivity contribution in [3.8, 4) is 17.2 Å². The molecule has 1 amide bonds. The molecular formula is C27H30N4O5S. The first-order chi connectivity index (χ1) is 17.9. The summed E-state index contributed by atoms with van der Waals surface area (Å²) in [4.78, 5) is 16.7. The van der Waals surface area contributed by atoms with Gasteiger partial charge in [-0.15, -0.1) is 0 Å². The lowest BCUT2D eigenvalue weighted by Gasteiger charge is -2.20. The highest BCUT2D eigenvalue weighted by molar-refractivity contribution is 8.27. The molecule has 0 saturated carbocycles. The fourth-order valence-electron chi connectivity index (χ4n) is 3.47. The van der Waals surface area contributed by atoms with Crippen molar-refractivity contribution in [3.63, 3.8) is 0 Å². The van der Waals surface area contributed by atoms with Crippen molar-refractivity contribution in [1.82, 2.24) is 5.01 Å². The van der Waals surface area contributed by atoms with Crippen LogP contribution in [0.2, 0.25) is 0 Å². The predicted molar refractivity (Wildman–Crippen MR) is 146 cm³/mol. The number of ether oxygens (including phenoxy) is 4. The van der Waals surface area contributed by atoms with Crippen LogP contribution >= 0.6 is 11.8 Å². The minimum absolute atomic E-state index is 0.000880. The molecule has 0 aliphatic carbocycles. The van der Waals surface area contributed by atoms with Crippen molar-refractivity contribution in [2.75, 3.05) is 33.5 Å². The molecule has 0 saturated heterocycles. The number of nitrogens with one attached hydrogen (secondary N) is 1. The molecule has 2 aromatic rings. The van der Waals surface area contributed by atoms with Crippen LogP contribution in [0.5, 0.6) is 17.2 Å². The number of benzene rings is 2. The summed E-state index contributed by atoms with van der Waals surface area (Å²) in [5, 5.41) is 15.6. The number of rotatable bonds is 11. The first-order valence-corrected chi connectivity index (χ1v) is 12.8. The molecule has 2 aliphatic rings. The van der Waals surface area contributed by atoms with Crippen LogP contribution in [0, 0.1) is 18.3 Å². The molecule has 0 spiro atoms. The number of carbonyl (C=O) groups is 1. The summed E-state index contributed by atoms with van der Waals surface area (Å²) in [7, 11) is 1.55. The van der Waals surface area contributed by atoms with Crippen LogP contribution < -0.4 is 14.2 Å². The molecule has 0 bridgehead atoms. The number of carbonyl (C=O) groups excluding carboxylic acids is 1. The maximum atomic E-state index is 12.6. The highest BCUT2D eigenvalue weighted by atomic mass is 32.2. The van der Waals surface area contributed by atoms with Crippen LogP contribution in [0.15, 0.2) is 58.1 Å². The first-order valence-electron chi connectivity index (χ1n) is 11.9. The van der Waals surface area contributed by atoms with Crippen LogP contribution in [-0.2, 0) is 9.53 Å². The Hall–Kier alpha value is -3.63. The fraction of sp³-hybridized carbons (Fsp3) is 0.333. The van der Waals surface area contributed by atoms with Gasteiger partial charge in [0.05, 0.1) is 25.9 Å². The number of methoxy groups -OCH3 is 1. The molecule has 37 heavy (non-hydrogen) atoms. The topological polar surface area (TPSA) is 106 Å². The molecule has 0 atom stereocenters. The van der Waals surface area contributed by atoms with Gasteiger partial charge in [0.25, 0.3) is 5.91 Å². The van der Waals surface area contributed by atoms with E-state index >= 15 is 0 Å². The van der Waals surface area contributed by atoms with Crippen LogP contribution in [0.25, 0.3) is 6.08 Å². The quantitative estimate of drug-likeness (QED) is 0.335. The Morgan fingerprint density at radius 2 is 1.76 bits per heavy atom. The van der Waals surface area contributed by atoms with Crippen molar-refractivity contribution < 1.29 is 23.7 Å². The van der Waals surface area contributed by atoms with E-state index in [0.29, 0.717) is 48.7 Å². The molecule has 4 rings (SSSR count). The number of aryl methyl sites for hydroxylation is 1. The zero-order chi connectivity index (χ0) is 26.4. The van der Waals surface area contributed by atoms with Crippen molar-refractivity contribution in [2.45, 2.75) is 20.8 Å². The summed E-state index contributed by atoms with van der Waals surface area (Å²) in [5.74, 6) is 1.59. The van der Waals surface area contributed by atoms with Gasteiger partial charge in [0.15, 0.2) is 17.3 Å². The average molecular weight is 523 g/mol. The highest BCUT2D eigenvalue weighted by Gasteiger charge is 2.36. The summed E-state index contributed by atoms with van der Waals surface area (Å²) < 4.78 is 22.5. The van der Waals surface area contributed by atoms with Gasteiger partial charge in [0, 0.05) is 5.92 Å². The van der Waals surface area contributed by atoms with Crippen LogP contribution in [0.3, 0.4) is 0 Å². The number of amides is 1. The number of hydrogen-bond donors (Lipinski definition) is 1. The lowest BCUT2D eigenvalue weighted by Crippen LogP contribution is -2.35. The van der Waals surface area contributed by atoms with Crippen molar-refractivity contribution in [3.05, 3.63) is 59.2 Å². The van der Waals surface area contributed by atoms with Gasteiger partial charge in [-0.25, -0.2) is 0 Å². The molecule has 10 heteroatoms. The molecule has 9 nitrogen and oxygen atoms in total. The lowest BCUT2D eigenvalue weighted by atomic mass is 10.1. The monoisotopic (exact) mass is 522 g/mol. The Morgan fingerprint density at radius 3 is 2.46 bits per heavy atom. The maximum Gasteiger partial charge on any atom is 0.283 e. The predicted octanol–water partition coefficient (Wildman–Crippen LogP) is 4.75. The van der Waals surface area contributed by atoms with Gasteiger partial charge in [-0.3, -0.25) is 10.2 Å². The minimum atomic E-state index is -0.466. The Labute approximate surface area is 220 Å². The molecule has 0 aromatic heterocycles. The van der Waals surface area contributed by atoms with Crippen molar-refractivity contribution >= 4 is 39.8 Å². The standard InChI is InChI=1S/C27H30N4O5S/c1-17(2)26-30-31-24(28)21(25(32)29-27(31)37-26)15-19-7-10-22(23(16-19)33-4)36-14-12-34-11-13-35-20-8-5-18(3)6-9-20/h5-10,15-17,28H,11-14H2,1-4H3/b21-15-,28-24?. The molecular weight excluding hydrogens is 492 g/mol. The summed E-state index contributed by atoms with van der Waals surface area (Å²) in [6.45, 7) is 7.69. The van der Waals surface area contributed by atoms with Crippen LogP contribution in [0.1, 0.15) is 25.0 Å². The average Bonchev–Trinajstić information content (AvgIpc) is 3.32. The molecule has 194 valence electrons. The van der Waals surface area contributed by atoms with Crippen LogP contribution in [-0.4, -0.2) is 60.5 Å². The van der Waals surface area contributed by atoms with E-state index in [-0.39, 0.29) is 17.3 Å². The SMILES string of the molecule is COc1cc(/C=C2/C(=N)N3N=C(C(C)C)SC3=NC2=O)ccc1OCCOCCOc1ccc(C)cc1. The van der Waals surface area contributed by atoms with Crippen LogP contribution in [0.4, 0.5) is 0 Å². The van der Waals surface area contributed by atoms with E-state index in [1.165, 1.54) is 22.3 Å². The zero-order valence-corrected chi connectivity index (χ0v) is 22.1. The van der Waals surface area contributed by atoms with E-state index in [0.717, 1.165) is 10.8 Å². The number of amidine groups is 2. The molecule has 2 heterocycles. The van der Waals surface area contributed by atoms with Gasteiger partial charge >= 0.3 is 0 Å². The van der Waals surface area contributed by atoms with E-state index in [1.807, 2.05) is 45.0 Å². The normalized spacial score (nSPS) is 16.1. The lowest BCUT2D eigenvalue weighted by molar-refractivity contribution is -0.114. The smallest absolute Gasteiger partial charge is 0.283 e. The summed E-state index contributed by atoms with van der Waals surface area (Å²) in [6, 6.07) is 13.2. The summed E-state index contributed by atoms with van der Waals surface area (Å²) >= 11 is 1.32. The van der Waals surface area contributed by atoms with E-state index in [9.17, 15) is 4.79 Å². The number of nitrogens with zero attached hydrogens (tertiary/aromatic N) is 3. The van der Waals surface area contributed by atoms with Crippen molar-refractivity contribution in [2.24, 2.45) is 16.0 Å². The van der Waals surface area contributed by atoms with E-state index in [2.05, 4.69) is 10.1 Å². The van der Waals surface area contributed by atoms with E-state index in [1.54, 1.807) is 31.4 Å². The second kappa shape index (κ2) is 12.1. The number of aliphatic imine (C=N–C) groups is 1. The molecule has 0 unspecified atom stereocenters. The third kappa shape index (κ3) is 6.58. The largest absolute Gasteiger partial charge is 0.493 e. The van der Waals surface area contributed by atoms with Gasteiger partial charge in [0.1, 0.15) is 24.0 Å². The Bertz CT molecular complexity index is 1250. The zero-order valence-electron chi connectivity index (χ0n) is 21.3. The fourth-order valence-corrected chi connectivity index (χ4v) is 4.36. The van der Waals surface area contributed by atoms with E-state index in [4.69, 9.17) is 24.4 Å². The van der Waals surface area contributed by atoms with Gasteiger partial charge in [-0.05, 0) is 54.6 Å². The van der Waals surface area contributed by atoms with Gasteiger partial charge < -0.3 is 18.9 Å². The third-order valence-electron chi connectivity index (χ3n) is 5.47. The molecule has 0 radical (unpaired) electrons. The summed E-state index contributed by atoms with van der Waals surface area (Å²) in [5.41, 5.74) is 2.03. The van der Waals surface area contributed by atoms with Gasteiger partial charge in [0.2, 0.25) is 5.17 Å². The Balaban J connectivity index is 1.30. The van der Waals surface area contributed by atoms with Crippen molar-refractivity contribution in [1.29, 1.82) is 5.41 Å². The Morgan fingerprint density at radius 1 is 1.03 bits per heavy atom. The number of hydrazone groups is 1. The minimum Gasteiger partial charge on any atom is -0.493 e. The molecule has 2 aliphatic heterocycles. The number of thioether (sulfide) groups is 1. The summed E-state index contributed by atoms with van der Waals surface area (Å²) in [6.07, 6.45) is 1.61. The second-order valence-corrected chi connectivity index (χ2v) is 9.63. The molecule has 0 fully saturated rings. The first kappa shape index (κ1) is 26.4. The Kier molecular flexibility index (Phi) is 8.62. The number of hydrogen-bond acceptors (Lipinski definition) is 8. The van der Waals surface area contributed by atoms with Gasteiger partial charge in [-0.1, -0.05) is 37.6 Å².